The van der Waals surface area contributed by atoms with Crippen molar-refractivity contribution in [2.75, 3.05) is 0 Å². The highest BCUT2D eigenvalue weighted by atomic mass is 28.3. The summed E-state index contributed by atoms with van der Waals surface area (Å²) < 4.78 is 4.96. The van der Waals surface area contributed by atoms with Crippen LogP contribution < -0.4 is 20.7 Å². The Morgan fingerprint density at radius 1 is 0.160 bits per heavy atom. The molecule has 0 spiro atoms. The first kappa shape index (κ1) is 44.2. The number of hydrogen-bond donors (Lipinski definition) is 0. The normalized spacial score (nSPS) is 11.7. The predicted molar refractivity (Wildman–Crippen MR) is 324 cm³/mol. The molecule has 2 heterocycles. The van der Waals surface area contributed by atoms with E-state index >= 15 is 0 Å². The number of nitrogens with zero attached hydrogens (tertiary/aromatic N) is 2. The molecule has 0 unspecified atom stereocenters. The van der Waals surface area contributed by atoms with E-state index in [0.717, 1.165) is 33.4 Å². The first-order valence-corrected chi connectivity index (χ1v) is 27.9. The Morgan fingerprint density at radius 2 is 0.347 bits per heavy atom. The number of aromatic nitrogens is 2. The molecule has 2 aromatic heterocycles. The maximum atomic E-state index is 2.48. The molecule has 0 aliphatic carbocycles. The molecule has 3 heteroatoms. The Kier molecular flexibility index (Phi) is 10.9. The second kappa shape index (κ2) is 18.5. The van der Waals surface area contributed by atoms with Gasteiger partial charge in [-0.1, -0.05) is 255 Å². The molecule has 75 heavy (non-hydrogen) atoms. The van der Waals surface area contributed by atoms with Crippen LogP contribution in [0, 0.1) is 0 Å². The summed E-state index contributed by atoms with van der Waals surface area (Å²) in [5.41, 5.74) is 6.75. The molecule has 0 saturated carbocycles. The van der Waals surface area contributed by atoms with Crippen molar-refractivity contribution in [2.45, 2.75) is 0 Å². The van der Waals surface area contributed by atoms with Crippen LogP contribution >= 0.6 is 0 Å². The Labute approximate surface area is 436 Å². The summed E-state index contributed by atoms with van der Waals surface area (Å²) in [5, 5.41) is 19.8. The van der Waals surface area contributed by atoms with Gasteiger partial charge in [0.1, 0.15) is 0 Å². The van der Waals surface area contributed by atoms with Gasteiger partial charge in [-0.15, -0.1) is 0 Å². The Balaban J connectivity index is 1.04. The predicted octanol–water partition coefficient (Wildman–Crippen LogP) is 16.1. The van der Waals surface area contributed by atoms with Gasteiger partial charge in [0.15, 0.2) is 8.07 Å². The summed E-state index contributed by atoms with van der Waals surface area (Å²) in [6, 6.07) is 113. The van der Waals surface area contributed by atoms with E-state index in [0.29, 0.717) is 0 Å². The van der Waals surface area contributed by atoms with Crippen molar-refractivity contribution in [2.24, 2.45) is 0 Å². The molecule has 0 amide bonds. The molecule has 0 bridgehead atoms. The summed E-state index contributed by atoms with van der Waals surface area (Å²) in [7, 11) is -3.01. The van der Waals surface area contributed by atoms with Crippen molar-refractivity contribution in [1.82, 2.24) is 9.13 Å². The van der Waals surface area contributed by atoms with E-state index in [-0.39, 0.29) is 0 Å². The maximum absolute atomic E-state index is 3.01. The molecule has 0 atom stereocenters. The van der Waals surface area contributed by atoms with Crippen molar-refractivity contribution in [3.05, 3.63) is 303 Å². The average molecular weight is 971 g/mol. The van der Waals surface area contributed by atoms with Crippen LogP contribution in [0.1, 0.15) is 0 Å². The molecule has 0 saturated heterocycles. The van der Waals surface area contributed by atoms with Crippen LogP contribution in [-0.4, -0.2) is 17.2 Å². The lowest BCUT2D eigenvalue weighted by Gasteiger charge is -2.34. The minimum atomic E-state index is -3.01. The molecule has 14 rings (SSSR count). The van der Waals surface area contributed by atoms with E-state index in [4.69, 9.17) is 0 Å². The third-order valence-electron chi connectivity index (χ3n) is 15.6. The average Bonchev–Trinajstić information content (AvgIpc) is 3.56. The Hall–Kier alpha value is -9.54. The molecule has 0 N–H and O–H groups in total. The summed E-state index contributed by atoms with van der Waals surface area (Å²) in [5.74, 6) is 0. The molecule has 0 radical (unpaired) electrons. The van der Waals surface area contributed by atoms with Gasteiger partial charge < -0.3 is 9.13 Å². The van der Waals surface area contributed by atoms with Gasteiger partial charge in [-0.2, -0.15) is 0 Å². The summed E-state index contributed by atoms with van der Waals surface area (Å²) in [6.45, 7) is 0. The third-order valence-corrected chi connectivity index (χ3v) is 20.4. The fourth-order valence-electron chi connectivity index (χ4n) is 12.3. The summed E-state index contributed by atoms with van der Waals surface area (Å²) in [6.07, 6.45) is 0. The van der Waals surface area contributed by atoms with Crippen LogP contribution in [0.15, 0.2) is 303 Å². The molecular weight excluding hydrogens is 921 g/mol. The van der Waals surface area contributed by atoms with Crippen LogP contribution in [0.25, 0.3) is 98.1 Å². The van der Waals surface area contributed by atoms with Crippen LogP contribution in [0.3, 0.4) is 0 Å². The largest absolute Gasteiger partial charge is 0.309 e. The van der Waals surface area contributed by atoms with Crippen molar-refractivity contribution in [3.8, 4) is 11.4 Å². The van der Waals surface area contributed by atoms with Gasteiger partial charge in [0, 0.05) is 32.9 Å². The maximum Gasteiger partial charge on any atom is 0.179 e. The van der Waals surface area contributed by atoms with E-state index in [1.165, 1.54) is 85.4 Å². The van der Waals surface area contributed by atoms with Gasteiger partial charge in [0.05, 0.1) is 22.1 Å². The molecular formula is C72H50N2Si. The van der Waals surface area contributed by atoms with E-state index in [9.17, 15) is 0 Å². The highest BCUT2D eigenvalue weighted by molar-refractivity contribution is 7.19. The lowest BCUT2D eigenvalue weighted by atomic mass is 10.0. The molecule has 0 aliphatic heterocycles. The van der Waals surface area contributed by atoms with Crippen molar-refractivity contribution in [3.63, 3.8) is 0 Å². The number of rotatable bonds is 6. The van der Waals surface area contributed by atoms with Gasteiger partial charge in [-0.3, -0.25) is 0 Å². The highest BCUT2D eigenvalue weighted by Crippen LogP contribution is 2.36. The van der Waals surface area contributed by atoms with Crippen LogP contribution in [0.2, 0.25) is 0 Å². The standard InChI is InChI=1S/C72H50N2Si/c1-3-23-53(24-4-1)75(54-25-5-2-6-26-54,55-47-43-51(44-48-55)73-69-39-19-15-35-65(69)61-31-11-7-27-57(61)58-28-8-12-32-62(58)66-36-16-20-40-70(66)73)56-49-45-52(46-50-56)74-71-41-21-17-37-67(71)63-33-13-9-29-59(63)60-30-10-14-34-64(60)68-38-18-22-42-72(68)74/h1-50H. The van der Waals surface area contributed by atoms with Crippen molar-refractivity contribution < 1.29 is 0 Å². The molecule has 12 aromatic carbocycles. The Morgan fingerprint density at radius 3 is 0.600 bits per heavy atom. The lowest BCUT2D eigenvalue weighted by Crippen LogP contribution is -2.74. The van der Waals surface area contributed by atoms with E-state index in [1.54, 1.807) is 0 Å². The fraction of sp³-hybridized carbons (Fsp3) is 0. The highest BCUT2D eigenvalue weighted by Gasteiger charge is 2.41. The van der Waals surface area contributed by atoms with Crippen LogP contribution in [0.4, 0.5) is 0 Å². The SMILES string of the molecule is c1ccc([Si](c2ccccc2)(c2ccc(-n3c4ccccc4c4ccccc4c4ccccc4c4ccccc43)cc2)c2ccc(-n3c4ccccc4c4ccccc4c4ccccc4c4ccccc43)cc2)cc1. The number of benzene rings is 12. The van der Waals surface area contributed by atoms with Gasteiger partial charge in [0.25, 0.3) is 0 Å². The second-order valence-corrected chi connectivity index (χ2v) is 23.3. The zero-order chi connectivity index (χ0) is 49.7. The van der Waals surface area contributed by atoms with Crippen LogP contribution in [-0.2, 0) is 0 Å². The van der Waals surface area contributed by atoms with Gasteiger partial charge in [0.2, 0.25) is 0 Å². The quantitative estimate of drug-likeness (QED) is 0.116. The second-order valence-electron chi connectivity index (χ2n) is 19.5. The topological polar surface area (TPSA) is 9.86 Å². The number of hydrogen-bond acceptors (Lipinski definition) is 0. The zero-order valence-corrected chi connectivity index (χ0v) is 42.3. The lowest BCUT2D eigenvalue weighted by molar-refractivity contribution is 1.17. The first-order valence-electron chi connectivity index (χ1n) is 25.9. The van der Waals surface area contributed by atoms with E-state index < -0.39 is 8.07 Å². The fourth-order valence-corrected chi connectivity index (χ4v) is 17.0. The monoisotopic (exact) mass is 970 g/mol. The zero-order valence-electron chi connectivity index (χ0n) is 41.3. The molecule has 14 aromatic rings. The molecule has 2 nitrogen and oxygen atoms in total. The molecule has 0 fully saturated rings. The molecule has 352 valence electrons. The molecule has 0 aliphatic rings. The smallest absolute Gasteiger partial charge is 0.179 e. The minimum absolute atomic E-state index is 1.10. The van der Waals surface area contributed by atoms with Gasteiger partial charge in [-0.25, -0.2) is 0 Å². The first-order chi connectivity index (χ1) is 37.3. The van der Waals surface area contributed by atoms with E-state index in [2.05, 4.69) is 312 Å². The van der Waals surface area contributed by atoms with Crippen molar-refractivity contribution >= 4 is 116 Å². The number of fused-ring (bicyclic) bond motifs is 14. The van der Waals surface area contributed by atoms with Gasteiger partial charge in [-0.05, 0) is 112 Å². The van der Waals surface area contributed by atoms with Gasteiger partial charge >= 0.3 is 0 Å². The summed E-state index contributed by atoms with van der Waals surface area (Å²) in [4.78, 5) is 0. The van der Waals surface area contributed by atoms with Crippen LogP contribution in [0.5, 0.6) is 0 Å². The Bertz CT molecular complexity index is 4120. The number of para-hydroxylation sites is 4. The van der Waals surface area contributed by atoms with E-state index in [1.807, 2.05) is 0 Å². The third kappa shape index (κ3) is 7.23. The van der Waals surface area contributed by atoms with Crippen molar-refractivity contribution in [1.29, 1.82) is 0 Å². The minimum Gasteiger partial charge on any atom is -0.309 e. The summed E-state index contributed by atoms with van der Waals surface area (Å²) >= 11 is 0.